The van der Waals surface area contributed by atoms with E-state index in [1.54, 1.807) is 0 Å². The van der Waals surface area contributed by atoms with Crippen molar-refractivity contribution in [3.63, 3.8) is 0 Å². The maximum atomic E-state index is 12.8. The molecule has 1 saturated heterocycles. The lowest BCUT2D eigenvalue weighted by molar-refractivity contribution is -0.220. The van der Waals surface area contributed by atoms with Crippen LogP contribution in [0.15, 0.2) is 109 Å². The Hall–Kier alpha value is -3.53. The van der Waals surface area contributed by atoms with E-state index >= 15 is 0 Å². The van der Waals surface area contributed by atoms with Gasteiger partial charge in [-0.15, -0.1) is 0 Å². The van der Waals surface area contributed by atoms with Crippen molar-refractivity contribution in [2.75, 3.05) is 13.2 Å². The third kappa shape index (κ3) is 28.0. The Morgan fingerprint density at radius 3 is 1.58 bits per heavy atom. The van der Waals surface area contributed by atoms with Gasteiger partial charge in [-0.25, -0.2) is 4.57 Å². The third-order valence-corrected chi connectivity index (χ3v) is 11.5. The molecule has 10 atom stereocenters. The van der Waals surface area contributed by atoms with Gasteiger partial charge in [-0.1, -0.05) is 136 Å². The number of ether oxygens (including phenoxy) is 3. The molecule has 1 saturated carbocycles. The van der Waals surface area contributed by atoms with Crippen LogP contribution in [0.4, 0.5) is 0 Å². The second kappa shape index (κ2) is 36.5. The van der Waals surface area contributed by atoms with Crippen molar-refractivity contribution < 1.29 is 67.8 Å². The minimum atomic E-state index is -5.17. The number of esters is 2. The molecule has 66 heavy (non-hydrogen) atoms. The van der Waals surface area contributed by atoms with Gasteiger partial charge in [-0.2, -0.15) is 0 Å². The zero-order valence-electron chi connectivity index (χ0n) is 39.1. The zero-order chi connectivity index (χ0) is 48.3. The van der Waals surface area contributed by atoms with Crippen LogP contribution in [0.2, 0.25) is 0 Å². The van der Waals surface area contributed by atoms with Crippen LogP contribution in [0.25, 0.3) is 0 Å². The summed E-state index contributed by atoms with van der Waals surface area (Å²) < 4.78 is 39.2. The van der Waals surface area contributed by atoms with E-state index in [0.29, 0.717) is 25.7 Å². The first kappa shape index (κ1) is 58.6. The highest BCUT2D eigenvalue weighted by molar-refractivity contribution is 7.47. The van der Waals surface area contributed by atoms with Crippen LogP contribution in [0.3, 0.4) is 0 Å². The predicted octanol–water partition coefficient (Wildman–Crippen LogP) is 8.60. The Balaban J connectivity index is 1.77. The summed E-state index contributed by atoms with van der Waals surface area (Å²) in [4.78, 5) is 35.8. The minimum Gasteiger partial charge on any atom is -0.462 e. The molecule has 1 heterocycles. The van der Waals surface area contributed by atoms with Crippen molar-refractivity contribution in [3.05, 3.63) is 109 Å². The normalized spacial score (nSPS) is 25.3. The van der Waals surface area contributed by atoms with Gasteiger partial charge in [-0.05, 0) is 89.9 Å². The fourth-order valence-corrected chi connectivity index (χ4v) is 7.61. The summed E-state index contributed by atoms with van der Waals surface area (Å²) in [7, 11) is -5.17. The maximum Gasteiger partial charge on any atom is 0.472 e. The zero-order valence-corrected chi connectivity index (χ0v) is 40.0. The second-order valence-electron chi connectivity index (χ2n) is 16.3. The number of aliphatic hydroxyl groups is 5. The molecule has 2 fully saturated rings. The van der Waals surface area contributed by atoms with E-state index in [1.807, 2.05) is 18.2 Å². The number of rotatable bonds is 36. The SMILES string of the molecule is CC/C=C\C/C=C\C/C=C\C/C=C\C/C=C\C/C=C\CCC(=O)O[C@H](COC(=O)CCCC1OC1C/C=C\C/C=C\C/C=C\CCCCC)COP(=O)(O)OC1[C@H](O)[C@H](O)C(O)[C@H](O)[C@H]1O. The van der Waals surface area contributed by atoms with Crippen molar-refractivity contribution in [1.82, 2.24) is 0 Å². The minimum absolute atomic E-state index is 0.0458. The first-order valence-electron chi connectivity index (χ1n) is 23.8. The summed E-state index contributed by atoms with van der Waals surface area (Å²) in [5.41, 5.74) is 0. The monoisotopic (exact) mass is 947 g/mol. The lowest BCUT2D eigenvalue weighted by Crippen LogP contribution is -2.64. The van der Waals surface area contributed by atoms with Crippen LogP contribution in [0.5, 0.6) is 0 Å². The van der Waals surface area contributed by atoms with Gasteiger partial charge >= 0.3 is 19.8 Å². The van der Waals surface area contributed by atoms with Crippen molar-refractivity contribution in [3.8, 4) is 0 Å². The Kier molecular flexibility index (Phi) is 32.4. The van der Waals surface area contributed by atoms with Crippen LogP contribution in [0.1, 0.15) is 129 Å². The van der Waals surface area contributed by atoms with Crippen LogP contribution in [-0.2, 0) is 37.4 Å². The average Bonchev–Trinajstić information content (AvgIpc) is 4.06. The fourth-order valence-electron chi connectivity index (χ4n) is 6.63. The number of carbonyl (C=O) groups excluding carboxylic acids is 2. The molecule has 2 rings (SSSR count). The van der Waals surface area contributed by atoms with Gasteiger partial charge in [0.1, 0.15) is 43.2 Å². The summed E-state index contributed by atoms with van der Waals surface area (Å²) in [5, 5.41) is 50.2. The van der Waals surface area contributed by atoms with Crippen molar-refractivity contribution in [1.29, 1.82) is 0 Å². The molecule has 0 aromatic carbocycles. The van der Waals surface area contributed by atoms with E-state index in [4.69, 9.17) is 23.3 Å². The number of carbonyl (C=O) groups is 2. The van der Waals surface area contributed by atoms with Crippen molar-refractivity contribution in [2.45, 2.75) is 184 Å². The summed E-state index contributed by atoms with van der Waals surface area (Å²) in [6.07, 6.45) is 38.8. The van der Waals surface area contributed by atoms with Gasteiger partial charge in [0.15, 0.2) is 6.10 Å². The van der Waals surface area contributed by atoms with Crippen LogP contribution in [0, 0.1) is 0 Å². The molecule has 0 aromatic heterocycles. The number of phosphoric ester groups is 1. The van der Waals surface area contributed by atoms with E-state index in [-0.39, 0.29) is 25.0 Å². The van der Waals surface area contributed by atoms with Crippen LogP contribution < -0.4 is 0 Å². The second-order valence-corrected chi connectivity index (χ2v) is 17.7. The van der Waals surface area contributed by atoms with Crippen LogP contribution in [-0.4, -0.2) is 111 Å². The van der Waals surface area contributed by atoms with Gasteiger partial charge in [0, 0.05) is 12.8 Å². The van der Waals surface area contributed by atoms with Gasteiger partial charge in [0.05, 0.1) is 18.8 Å². The van der Waals surface area contributed by atoms with E-state index in [2.05, 4.69) is 105 Å². The van der Waals surface area contributed by atoms with E-state index in [1.165, 1.54) is 19.3 Å². The smallest absolute Gasteiger partial charge is 0.462 e. The molecule has 0 spiro atoms. The molecule has 2 aliphatic rings. The largest absolute Gasteiger partial charge is 0.472 e. The molecule has 372 valence electrons. The maximum absolute atomic E-state index is 12.8. The molecule has 14 nitrogen and oxygen atoms in total. The van der Waals surface area contributed by atoms with E-state index < -0.39 is 75.7 Å². The van der Waals surface area contributed by atoms with Gasteiger partial charge in [0.2, 0.25) is 0 Å². The van der Waals surface area contributed by atoms with Crippen molar-refractivity contribution >= 4 is 19.8 Å². The molecule has 0 aromatic rings. The Morgan fingerprint density at radius 1 is 0.561 bits per heavy atom. The molecule has 0 radical (unpaired) electrons. The fraction of sp³-hybridized carbons (Fsp3) is 0.608. The van der Waals surface area contributed by atoms with Gasteiger partial charge in [0.25, 0.3) is 0 Å². The molecule has 15 heteroatoms. The first-order valence-corrected chi connectivity index (χ1v) is 25.3. The topological polar surface area (TPSA) is 222 Å². The summed E-state index contributed by atoms with van der Waals surface area (Å²) >= 11 is 0. The predicted molar refractivity (Wildman–Crippen MR) is 257 cm³/mol. The summed E-state index contributed by atoms with van der Waals surface area (Å²) in [6, 6.07) is 0. The number of aliphatic hydroxyl groups excluding tert-OH is 5. The van der Waals surface area contributed by atoms with E-state index in [0.717, 1.165) is 57.8 Å². The molecule has 5 unspecified atom stereocenters. The molecule has 1 aliphatic carbocycles. The number of phosphoric acid groups is 1. The molecule has 1 aliphatic heterocycles. The van der Waals surface area contributed by atoms with Gasteiger partial charge < -0.3 is 44.6 Å². The number of epoxide rings is 1. The number of hydrogen-bond acceptors (Lipinski definition) is 13. The average molecular weight is 947 g/mol. The number of unbranched alkanes of at least 4 members (excludes halogenated alkanes) is 3. The lowest BCUT2D eigenvalue weighted by atomic mass is 9.85. The van der Waals surface area contributed by atoms with E-state index in [9.17, 15) is 44.6 Å². The molecular formula is C51H79O14P. The van der Waals surface area contributed by atoms with Crippen LogP contribution >= 0.6 is 7.82 Å². The molecular weight excluding hydrogens is 868 g/mol. The third-order valence-electron chi connectivity index (χ3n) is 10.5. The standard InChI is InChI=1S/C51H79O14P/c1-3-5-7-9-11-13-15-17-18-19-20-21-22-23-25-27-29-31-33-37-45(53)63-41(40-62-66(59,60)65-51-49(57)47(55)46(54)48(56)50(51)58)39-61-44(52)38-34-36-43-42(64-43)35-32-30-28-26-24-16-14-12-10-8-6-4-2/h5,7,11-14,17-18,20-21,23-26,29-32,41-43,46-51,54-58H,3-4,6,8-10,15-16,19,22,27-28,33-40H2,1-2H3,(H,59,60)/b7-5-,13-11-,14-12-,18-17-,21-20-,25-23-,26-24-,31-29-,32-30-/t41-,42?,43?,46?,47-,48+,49-,50-,51?/m1/s1. The highest BCUT2D eigenvalue weighted by Gasteiger charge is 2.51. The highest BCUT2D eigenvalue weighted by Crippen LogP contribution is 2.47. The quantitative estimate of drug-likeness (QED) is 0.0114. The van der Waals surface area contributed by atoms with Crippen molar-refractivity contribution in [2.24, 2.45) is 0 Å². The number of hydrogen-bond donors (Lipinski definition) is 6. The lowest BCUT2D eigenvalue weighted by Gasteiger charge is -2.41. The summed E-state index contributed by atoms with van der Waals surface area (Å²) in [6.45, 7) is 3.01. The Morgan fingerprint density at radius 2 is 1.05 bits per heavy atom. The molecule has 0 bridgehead atoms. The first-order chi connectivity index (χ1) is 31.9. The summed E-state index contributed by atoms with van der Waals surface area (Å²) in [5.74, 6) is -1.29. The Labute approximate surface area is 393 Å². The highest BCUT2D eigenvalue weighted by atomic mass is 31.2. The van der Waals surface area contributed by atoms with Gasteiger partial charge in [-0.3, -0.25) is 18.6 Å². The molecule has 6 N–H and O–H groups in total. The number of allylic oxidation sites excluding steroid dienone is 17. The molecule has 0 amide bonds. The Bertz CT molecular complexity index is 1630.